The van der Waals surface area contributed by atoms with Gasteiger partial charge in [-0.25, -0.2) is 22.6 Å². The molecule has 1 aliphatic heterocycles. The van der Waals surface area contributed by atoms with Crippen molar-refractivity contribution in [2.24, 2.45) is 5.92 Å². The molecule has 0 spiro atoms. The number of unbranched alkanes of at least 4 members (excludes halogenated alkanes) is 1. The van der Waals surface area contributed by atoms with Crippen LogP contribution in [0.1, 0.15) is 32.6 Å². The number of hydrogen-bond donors (Lipinski definition) is 1. The van der Waals surface area contributed by atoms with Gasteiger partial charge in [-0.3, -0.25) is 4.57 Å². The fourth-order valence-corrected chi connectivity index (χ4v) is 4.62. The Morgan fingerprint density at radius 1 is 1.45 bits per heavy atom. The number of piperidine rings is 1. The van der Waals surface area contributed by atoms with Crippen molar-refractivity contribution in [3.63, 3.8) is 0 Å². The van der Waals surface area contributed by atoms with Crippen LogP contribution in [0.5, 0.6) is 0 Å². The second-order valence-corrected chi connectivity index (χ2v) is 8.73. The summed E-state index contributed by atoms with van der Waals surface area (Å²) in [6.45, 7) is 3.94. The van der Waals surface area contributed by atoms with Gasteiger partial charge in [-0.05, 0) is 25.2 Å². The summed E-state index contributed by atoms with van der Waals surface area (Å²) in [6, 6.07) is 0. The Morgan fingerprint density at radius 3 is 2.91 bits per heavy atom. The van der Waals surface area contributed by atoms with Gasteiger partial charge < -0.3 is 0 Å². The van der Waals surface area contributed by atoms with Crippen molar-refractivity contribution in [3.05, 3.63) is 10.5 Å². The second kappa shape index (κ2) is 7.65. The topological polar surface area (TPSA) is 88.1 Å². The van der Waals surface area contributed by atoms with Crippen molar-refractivity contribution in [1.82, 2.24) is 19.1 Å². The smallest absolute Gasteiger partial charge is 0.270 e. The molecule has 1 saturated heterocycles. The zero-order chi connectivity index (χ0) is 16.2. The highest BCUT2D eigenvalue weighted by Crippen LogP contribution is 2.25. The molecule has 1 atom stereocenters. The van der Waals surface area contributed by atoms with Gasteiger partial charge >= 0.3 is 5.69 Å². The van der Waals surface area contributed by atoms with E-state index in [2.05, 4.69) is 17.1 Å². The number of aromatic amines is 1. The number of H-pyrrole nitrogens is 1. The molecule has 0 radical (unpaired) electrons. The second-order valence-electron chi connectivity index (χ2n) is 5.76. The zero-order valence-corrected chi connectivity index (χ0v) is 14.8. The maximum atomic E-state index is 11.7. The summed E-state index contributed by atoms with van der Waals surface area (Å²) in [6.07, 6.45) is 5.13. The minimum absolute atomic E-state index is 0.169. The van der Waals surface area contributed by atoms with Gasteiger partial charge in [-0.15, -0.1) is 5.10 Å². The molecule has 22 heavy (non-hydrogen) atoms. The van der Waals surface area contributed by atoms with Gasteiger partial charge in [-0.1, -0.05) is 25.1 Å². The van der Waals surface area contributed by atoms with Crippen LogP contribution in [-0.4, -0.2) is 52.6 Å². The van der Waals surface area contributed by atoms with Crippen LogP contribution >= 0.6 is 11.8 Å². The number of nitrogens with one attached hydrogen (secondary N) is 1. The van der Waals surface area contributed by atoms with Gasteiger partial charge in [0, 0.05) is 25.4 Å². The van der Waals surface area contributed by atoms with Crippen LogP contribution < -0.4 is 5.69 Å². The van der Waals surface area contributed by atoms with Gasteiger partial charge in [-0.2, -0.15) is 0 Å². The number of nitrogens with zero attached hydrogens (tertiary/aromatic N) is 3. The predicted molar refractivity (Wildman–Crippen MR) is 87.6 cm³/mol. The Hall–Kier alpha value is -0.800. The summed E-state index contributed by atoms with van der Waals surface area (Å²) in [5, 5.41) is 7.28. The van der Waals surface area contributed by atoms with Crippen molar-refractivity contribution in [2.45, 2.75) is 44.3 Å². The van der Waals surface area contributed by atoms with Crippen molar-refractivity contribution in [1.29, 1.82) is 0 Å². The van der Waals surface area contributed by atoms with Crippen molar-refractivity contribution in [3.8, 4) is 0 Å². The maximum absolute atomic E-state index is 11.7. The number of aromatic nitrogens is 3. The van der Waals surface area contributed by atoms with E-state index in [0.717, 1.165) is 31.4 Å². The molecule has 0 amide bonds. The van der Waals surface area contributed by atoms with Crippen LogP contribution in [0.3, 0.4) is 0 Å². The lowest BCUT2D eigenvalue weighted by atomic mass is 10.0. The molecule has 1 fully saturated rings. The molecular weight excluding hydrogens is 324 g/mol. The first-order valence-electron chi connectivity index (χ1n) is 7.65. The number of rotatable bonds is 7. The molecule has 0 unspecified atom stereocenters. The fraction of sp³-hybridized carbons (Fsp3) is 0.846. The molecule has 2 rings (SSSR count). The molecule has 7 nitrogen and oxygen atoms in total. The molecular formula is C13H24N4O3S2. The standard InChI is InChI=1S/C13H24N4O3S2/c1-3-4-8-17-12(18)14-15-13(17)21-10-11-6-5-7-16(9-11)22(2,19)20/h11H,3-10H2,1-2H3,(H,14,18)/t11-/m1/s1. The first-order valence-corrected chi connectivity index (χ1v) is 10.5. The molecule has 1 aliphatic rings. The summed E-state index contributed by atoms with van der Waals surface area (Å²) in [7, 11) is -3.11. The summed E-state index contributed by atoms with van der Waals surface area (Å²) in [5.74, 6) is 1.09. The summed E-state index contributed by atoms with van der Waals surface area (Å²) >= 11 is 1.54. The van der Waals surface area contributed by atoms with Gasteiger partial charge in [0.2, 0.25) is 10.0 Å². The third-order valence-corrected chi connectivity index (χ3v) is 6.34. The SMILES string of the molecule is CCCCn1c(SC[C@@H]2CCCN(S(C)(=O)=O)C2)n[nH]c1=O. The Balaban J connectivity index is 1.94. The van der Waals surface area contributed by atoms with Crippen LogP contribution in [0.15, 0.2) is 9.95 Å². The molecule has 0 bridgehead atoms. The van der Waals surface area contributed by atoms with E-state index in [1.54, 1.807) is 8.87 Å². The number of thioether (sulfide) groups is 1. The van der Waals surface area contributed by atoms with E-state index >= 15 is 0 Å². The fourth-order valence-electron chi connectivity index (χ4n) is 2.58. The quantitative estimate of drug-likeness (QED) is 0.747. The maximum Gasteiger partial charge on any atom is 0.343 e. The van der Waals surface area contributed by atoms with Crippen LogP contribution in [-0.2, 0) is 16.6 Å². The van der Waals surface area contributed by atoms with Crippen molar-refractivity contribution < 1.29 is 8.42 Å². The molecule has 1 N–H and O–H groups in total. The molecule has 9 heteroatoms. The molecule has 0 aliphatic carbocycles. The van der Waals surface area contributed by atoms with E-state index in [1.807, 2.05) is 0 Å². The predicted octanol–water partition coefficient (Wildman–Crippen LogP) is 1.14. The van der Waals surface area contributed by atoms with Crippen LogP contribution in [0.2, 0.25) is 0 Å². The molecule has 1 aromatic rings. The van der Waals surface area contributed by atoms with E-state index in [9.17, 15) is 13.2 Å². The monoisotopic (exact) mass is 348 g/mol. The number of sulfonamides is 1. The van der Waals surface area contributed by atoms with E-state index in [4.69, 9.17) is 0 Å². The van der Waals surface area contributed by atoms with Gasteiger partial charge in [0.1, 0.15) is 0 Å². The minimum atomic E-state index is -3.11. The minimum Gasteiger partial charge on any atom is -0.270 e. The highest BCUT2D eigenvalue weighted by atomic mass is 32.2. The van der Waals surface area contributed by atoms with Crippen LogP contribution in [0.4, 0.5) is 0 Å². The van der Waals surface area contributed by atoms with Crippen molar-refractivity contribution >= 4 is 21.8 Å². The highest BCUT2D eigenvalue weighted by Gasteiger charge is 2.26. The molecule has 126 valence electrons. The molecule has 1 aromatic heterocycles. The van der Waals surface area contributed by atoms with Gasteiger partial charge in [0.15, 0.2) is 5.16 Å². The summed E-state index contributed by atoms with van der Waals surface area (Å²) < 4.78 is 26.5. The first kappa shape index (κ1) is 17.6. The Kier molecular flexibility index (Phi) is 6.10. The van der Waals surface area contributed by atoms with E-state index in [1.165, 1.54) is 18.0 Å². The largest absolute Gasteiger partial charge is 0.343 e. The van der Waals surface area contributed by atoms with Gasteiger partial charge in [0.25, 0.3) is 0 Å². The molecule has 2 heterocycles. The lowest BCUT2D eigenvalue weighted by molar-refractivity contribution is 0.286. The summed E-state index contributed by atoms with van der Waals surface area (Å²) in [4.78, 5) is 11.7. The average Bonchev–Trinajstić information content (AvgIpc) is 2.83. The normalized spacial score (nSPS) is 20.4. The third-order valence-electron chi connectivity index (χ3n) is 3.86. The van der Waals surface area contributed by atoms with Gasteiger partial charge in [0.05, 0.1) is 6.26 Å². The van der Waals surface area contributed by atoms with Crippen LogP contribution in [0, 0.1) is 5.92 Å². The average molecular weight is 348 g/mol. The zero-order valence-electron chi connectivity index (χ0n) is 13.1. The Labute approximate surface area is 135 Å². The van der Waals surface area contributed by atoms with Crippen LogP contribution in [0.25, 0.3) is 0 Å². The molecule has 0 saturated carbocycles. The first-order chi connectivity index (χ1) is 10.4. The number of hydrogen-bond acceptors (Lipinski definition) is 5. The molecule has 0 aromatic carbocycles. The third kappa shape index (κ3) is 4.60. The lowest BCUT2D eigenvalue weighted by Crippen LogP contribution is -2.39. The summed E-state index contributed by atoms with van der Waals surface area (Å²) in [5.41, 5.74) is -0.169. The van der Waals surface area contributed by atoms with E-state index in [0.29, 0.717) is 30.7 Å². The van der Waals surface area contributed by atoms with E-state index in [-0.39, 0.29) is 5.69 Å². The Bertz CT molecular complexity index is 638. The van der Waals surface area contributed by atoms with E-state index < -0.39 is 10.0 Å². The highest BCUT2D eigenvalue weighted by molar-refractivity contribution is 7.99. The lowest BCUT2D eigenvalue weighted by Gasteiger charge is -2.30. The van der Waals surface area contributed by atoms with Crippen molar-refractivity contribution in [2.75, 3.05) is 25.1 Å². The Morgan fingerprint density at radius 2 is 2.23 bits per heavy atom.